The van der Waals surface area contributed by atoms with Crippen LogP contribution in [0, 0.1) is 0 Å². The number of hydrogen-bond acceptors (Lipinski definition) is 4. The summed E-state index contributed by atoms with van der Waals surface area (Å²) >= 11 is 0. The molecule has 0 bridgehead atoms. The summed E-state index contributed by atoms with van der Waals surface area (Å²) in [7, 11) is 0. The van der Waals surface area contributed by atoms with E-state index in [1.807, 2.05) is 6.92 Å². The SMILES string of the molecule is CCON=C1CNC(C(=O)O)C1. The Hall–Kier alpha value is -1.10. The van der Waals surface area contributed by atoms with E-state index in [1.54, 1.807) is 0 Å². The molecular weight excluding hydrogens is 160 g/mol. The average molecular weight is 172 g/mol. The third-order valence-corrected chi connectivity index (χ3v) is 1.61. The lowest BCUT2D eigenvalue weighted by Gasteiger charge is -1.99. The molecule has 1 fully saturated rings. The van der Waals surface area contributed by atoms with Gasteiger partial charge in [-0.1, -0.05) is 5.16 Å². The fourth-order valence-electron chi connectivity index (χ4n) is 1.02. The van der Waals surface area contributed by atoms with E-state index >= 15 is 0 Å². The number of nitrogens with zero attached hydrogens (tertiary/aromatic N) is 1. The van der Waals surface area contributed by atoms with Gasteiger partial charge in [0.2, 0.25) is 0 Å². The Balaban J connectivity index is 2.40. The zero-order chi connectivity index (χ0) is 8.97. The summed E-state index contributed by atoms with van der Waals surface area (Å²) in [6.07, 6.45) is 0.440. The smallest absolute Gasteiger partial charge is 0.321 e. The molecule has 2 N–H and O–H groups in total. The molecule has 1 aliphatic heterocycles. The lowest BCUT2D eigenvalue weighted by Crippen LogP contribution is -2.29. The summed E-state index contributed by atoms with van der Waals surface area (Å²) in [5.41, 5.74) is 0.768. The number of aliphatic carboxylic acids is 1. The van der Waals surface area contributed by atoms with E-state index in [9.17, 15) is 4.79 Å². The van der Waals surface area contributed by atoms with Gasteiger partial charge in [0.1, 0.15) is 12.6 Å². The maximum atomic E-state index is 10.5. The molecule has 1 aliphatic rings. The molecule has 0 radical (unpaired) electrons. The third kappa shape index (κ3) is 2.20. The number of rotatable bonds is 3. The number of nitrogens with one attached hydrogen (secondary N) is 1. The van der Waals surface area contributed by atoms with Gasteiger partial charge in [-0.15, -0.1) is 0 Å². The van der Waals surface area contributed by atoms with Crippen LogP contribution in [0.2, 0.25) is 0 Å². The molecule has 1 rings (SSSR count). The minimum atomic E-state index is -0.836. The second-order valence-corrected chi connectivity index (χ2v) is 2.55. The first-order valence-corrected chi connectivity index (χ1v) is 3.88. The van der Waals surface area contributed by atoms with E-state index < -0.39 is 12.0 Å². The van der Waals surface area contributed by atoms with Gasteiger partial charge in [0.05, 0.1) is 5.71 Å². The molecule has 1 atom stereocenters. The quantitative estimate of drug-likeness (QED) is 0.579. The minimum absolute atomic E-state index is 0.440. The second kappa shape index (κ2) is 4.06. The van der Waals surface area contributed by atoms with Gasteiger partial charge in [-0.25, -0.2) is 0 Å². The van der Waals surface area contributed by atoms with Crippen molar-refractivity contribution in [2.45, 2.75) is 19.4 Å². The van der Waals surface area contributed by atoms with Crippen LogP contribution in [-0.4, -0.2) is 36.0 Å². The van der Waals surface area contributed by atoms with Crippen LogP contribution in [0.5, 0.6) is 0 Å². The first-order valence-electron chi connectivity index (χ1n) is 3.88. The lowest BCUT2D eigenvalue weighted by atomic mass is 10.2. The van der Waals surface area contributed by atoms with E-state index in [0.29, 0.717) is 19.6 Å². The molecule has 0 spiro atoms. The normalized spacial score (nSPS) is 26.1. The van der Waals surface area contributed by atoms with Crippen molar-refractivity contribution in [1.82, 2.24) is 5.32 Å². The van der Waals surface area contributed by atoms with Crippen molar-refractivity contribution >= 4 is 11.7 Å². The van der Waals surface area contributed by atoms with Gasteiger partial charge in [0, 0.05) is 13.0 Å². The van der Waals surface area contributed by atoms with Crippen molar-refractivity contribution in [3.8, 4) is 0 Å². The van der Waals surface area contributed by atoms with Crippen molar-refractivity contribution in [3.05, 3.63) is 0 Å². The largest absolute Gasteiger partial charge is 0.480 e. The first kappa shape index (κ1) is 8.99. The molecule has 0 aromatic rings. The Bertz CT molecular complexity index is 203. The Morgan fingerprint density at radius 1 is 1.92 bits per heavy atom. The summed E-state index contributed by atoms with van der Waals surface area (Å²) in [5.74, 6) is -0.836. The van der Waals surface area contributed by atoms with Crippen LogP contribution >= 0.6 is 0 Å². The molecule has 5 nitrogen and oxygen atoms in total. The van der Waals surface area contributed by atoms with E-state index in [2.05, 4.69) is 10.5 Å². The van der Waals surface area contributed by atoms with Gasteiger partial charge in [-0.05, 0) is 6.92 Å². The standard InChI is InChI=1S/C7H12N2O3/c1-2-12-9-5-3-6(7(10)11)8-4-5/h6,8H,2-4H2,1H3,(H,10,11). The molecule has 0 aromatic carbocycles. The van der Waals surface area contributed by atoms with Crippen molar-refractivity contribution in [2.24, 2.45) is 5.16 Å². The van der Waals surface area contributed by atoms with E-state index in [0.717, 1.165) is 5.71 Å². The maximum Gasteiger partial charge on any atom is 0.321 e. The fourth-order valence-corrected chi connectivity index (χ4v) is 1.02. The minimum Gasteiger partial charge on any atom is -0.480 e. The van der Waals surface area contributed by atoms with Gasteiger partial charge in [-0.2, -0.15) is 0 Å². The number of hydrogen-bond donors (Lipinski definition) is 2. The van der Waals surface area contributed by atoms with Crippen LogP contribution in [0.4, 0.5) is 0 Å². The summed E-state index contributed by atoms with van der Waals surface area (Å²) in [6.45, 7) is 2.86. The molecule has 0 saturated carbocycles. The molecular formula is C7H12N2O3. The van der Waals surface area contributed by atoms with Crippen LogP contribution in [0.3, 0.4) is 0 Å². The van der Waals surface area contributed by atoms with Crippen LogP contribution in [0.15, 0.2) is 5.16 Å². The fraction of sp³-hybridized carbons (Fsp3) is 0.714. The molecule has 5 heteroatoms. The Morgan fingerprint density at radius 3 is 3.17 bits per heavy atom. The van der Waals surface area contributed by atoms with Crippen molar-refractivity contribution in [1.29, 1.82) is 0 Å². The monoisotopic (exact) mass is 172 g/mol. The van der Waals surface area contributed by atoms with E-state index in [-0.39, 0.29) is 0 Å². The average Bonchev–Trinajstić information content (AvgIpc) is 2.48. The molecule has 1 saturated heterocycles. The van der Waals surface area contributed by atoms with Crippen LogP contribution in [0.1, 0.15) is 13.3 Å². The highest BCUT2D eigenvalue weighted by Crippen LogP contribution is 2.03. The van der Waals surface area contributed by atoms with Gasteiger partial charge < -0.3 is 9.94 Å². The molecule has 0 aromatic heterocycles. The number of carbonyl (C=O) groups is 1. The molecule has 1 heterocycles. The highest BCUT2D eigenvalue weighted by atomic mass is 16.6. The molecule has 0 aliphatic carbocycles. The lowest BCUT2D eigenvalue weighted by molar-refractivity contribution is -0.138. The number of carboxylic acids is 1. The number of carboxylic acid groups (broad SMARTS) is 1. The van der Waals surface area contributed by atoms with Gasteiger partial charge in [0.15, 0.2) is 0 Å². The summed E-state index contributed by atoms with van der Waals surface area (Å²) < 4.78 is 0. The number of oxime groups is 1. The Morgan fingerprint density at radius 2 is 2.67 bits per heavy atom. The summed E-state index contributed by atoms with van der Waals surface area (Å²) in [4.78, 5) is 15.3. The Kier molecular flexibility index (Phi) is 3.04. The maximum absolute atomic E-state index is 10.5. The molecule has 1 unspecified atom stereocenters. The summed E-state index contributed by atoms with van der Waals surface area (Å²) in [5, 5.41) is 15.2. The second-order valence-electron chi connectivity index (χ2n) is 2.55. The van der Waals surface area contributed by atoms with Crippen molar-refractivity contribution in [3.63, 3.8) is 0 Å². The van der Waals surface area contributed by atoms with Gasteiger partial charge in [-0.3, -0.25) is 10.1 Å². The van der Waals surface area contributed by atoms with E-state index in [1.165, 1.54) is 0 Å². The predicted octanol–water partition coefficient (Wildman–Crippen LogP) is -0.175. The van der Waals surface area contributed by atoms with Crippen molar-refractivity contribution in [2.75, 3.05) is 13.2 Å². The van der Waals surface area contributed by atoms with E-state index in [4.69, 9.17) is 9.94 Å². The van der Waals surface area contributed by atoms with Crippen molar-refractivity contribution < 1.29 is 14.7 Å². The topological polar surface area (TPSA) is 70.9 Å². The molecule has 0 amide bonds. The zero-order valence-corrected chi connectivity index (χ0v) is 6.91. The highest BCUT2D eigenvalue weighted by molar-refractivity contribution is 5.94. The third-order valence-electron chi connectivity index (χ3n) is 1.61. The first-order chi connectivity index (χ1) is 5.74. The van der Waals surface area contributed by atoms with Gasteiger partial charge in [0.25, 0.3) is 0 Å². The predicted molar refractivity (Wildman–Crippen MR) is 43.1 cm³/mol. The van der Waals surface area contributed by atoms with Crippen LogP contribution in [-0.2, 0) is 9.63 Å². The van der Waals surface area contributed by atoms with Gasteiger partial charge >= 0.3 is 5.97 Å². The van der Waals surface area contributed by atoms with Crippen LogP contribution in [0.25, 0.3) is 0 Å². The van der Waals surface area contributed by atoms with Crippen LogP contribution < -0.4 is 5.32 Å². The molecule has 12 heavy (non-hydrogen) atoms. The zero-order valence-electron chi connectivity index (χ0n) is 6.91. The summed E-state index contributed by atoms with van der Waals surface area (Å²) in [6, 6.07) is -0.496. The Labute approximate surface area is 70.4 Å². The molecule has 68 valence electrons. The highest BCUT2D eigenvalue weighted by Gasteiger charge is 2.26.